The van der Waals surface area contributed by atoms with E-state index in [0.29, 0.717) is 0 Å². The van der Waals surface area contributed by atoms with Gasteiger partial charge in [0.1, 0.15) is 0 Å². The number of benzene rings is 1. The van der Waals surface area contributed by atoms with Crippen molar-refractivity contribution in [2.45, 2.75) is 52.9 Å². The summed E-state index contributed by atoms with van der Waals surface area (Å²) >= 11 is 0. The van der Waals surface area contributed by atoms with Crippen molar-refractivity contribution in [3.63, 3.8) is 0 Å². The van der Waals surface area contributed by atoms with Crippen molar-refractivity contribution in [1.29, 1.82) is 0 Å². The highest BCUT2D eigenvalue weighted by molar-refractivity contribution is 6.00. The van der Waals surface area contributed by atoms with Crippen LogP contribution < -0.4 is 10.7 Å². The lowest BCUT2D eigenvalue weighted by Gasteiger charge is -2.06. The van der Waals surface area contributed by atoms with Gasteiger partial charge in [-0.1, -0.05) is 38.0 Å². The molecule has 0 bridgehead atoms. The monoisotopic (exact) mass is 390 g/mol. The number of unbranched alkanes of at least 4 members (excludes halogenated alkanes) is 4. The van der Waals surface area contributed by atoms with Gasteiger partial charge in [-0.05, 0) is 44.5 Å². The van der Waals surface area contributed by atoms with E-state index in [1.807, 2.05) is 17.8 Å². The first kappa shape index (κ1) is 20.7. The minimum absolute atomic E-state index is 0.719. The zero-order valence-electron chi connectivity index (χ0n) is 17.6. The molecule has 0 radical (unpaired) electrons. The van der Waals surface area contributed by atoms with Gasteiger partial charge in [0, 0.05) is 24.1 Å². The van der Waals surface area contributed by atoms with Crippen molar-refractivity contribution in [3.8, 4) is 17.5 Å². The summed E-state index contributed by atoms with van der Waals surface area (Å²) in [6.45, 7) is 7.89. The van der Waals surface area contributed by atoms with Gasteiger partial charge in [-0.3, -0.25) is 0 Å². The first-order chi connectivity index (χ1) is 14.2. The Bertz CT molecular complexity index is 925. The second kappa shape index (κ2) is 10.5. The largest absolute Gasteiger partial charge is 0.353 e. The number of guanidine groups is 1. The van der Waals surface area contributed by atoms with Gasteiger partial charge < -0.3 is 5.32 Å². The van der Waals surface area contributed by atoms with Crippen LogP contribution in [-0.4, -0.2) is 34.5 Å². The number of rotatable bonds is 7. The molecule has 2 N–H and O–H groups in total. The fraction of sp³-hybridized carbons (Fsp3) is 0.435. The van der Waals surface area contributed by atoms with Crippen molar-refractivity contribution in [2.24, 2.45) is 10.1 Å². The average molecular weight is 391 g/mol. The number of hydrogen-bond donors (Lipinski definition) is 2. The molecular formula is C23H30N6. The van der Waals surface area contributed by atoms with Gasteiger partial charge in [-0.15, -0.1) is 0 Å². The fourth-order valence-electron chi connectivity index (χ4n) is 3.19. The van der Waals surface area contributed by atoms with Crippen LogP contribution in [0, 0.1) is 18.8 Å². The summed E-state index contributed by atoms with van der Waals surface area (Å²) in [6, 6.07) is 8.24. The summed E-state index contributed by atoms with van der Waals surface area (Å²) in [4.78, 5) is 4.28. The van der Waals surface area contributed by atoms with Crippen LogP contribution in [0.25, 0.3) is 5.69 Å². The molecule has 0 fully saturated rings. The van der Waals surface area contributed by atoms with Gasteiger partial charge in [0.2, 0.25) is 5.96 Å². The molecule has 6 heteroatoms. The van der Waals surface area contributed by atoms with E-state index in [9.17, 15) is 0 Å². The number of nitrogens with zero attached hydrogens (tertiary/aromatic N) is 4. The van der Waals surface area contributed by atoms with Crippen LogP contribution in [0.15, 0.2) is 40.6 Å². The van der Waals surface area contributed by atoms with Crippen molar-refractivity contribution < 1.29 is 0 Å². The van der Waals surface area contributed by atoms with Crippen LogP contribution in [-0.2, 0) is 0 Å². The molecule has 152 valence electrons. The SMILES string of the molecule is CCCCCCC#Cc1ccc(-n2ncc(/C(C)=N/NC3=NCCN3)c2C)cc1. The Balaban J connectivity index is 1.64. The molecule has 0 unspecified atom stereocenters. The van der Waals surface area contributed by atoms with E-state index >= 15 is 0 Å². The summed E-state index contributed by atoms with van der Waals surface area (Å²) in [6.07, 6.45) is 7.84. The molecule has 29 heavy (non-hydrogen) atoms. The maximum Gasteiger partial charge on any atom is 0.212 e. The minimum atomic E-state index is 0.719. The van der Waals surface area contributed by atoms with Crippen LogP contribution >= 0.6 is 0 Å². The lowest BCUT2D eigenvalue weighted by atomic mass is 10.1. The molecule has 6 nitrogen and oxygen atoms in total. The van der Waals surface area contributed by atoms with Crippen molar-refractivity contribution in [3.05, 3.63) is 47.3 Å². The van der Waals surface area contributed by atoms with E-state index in [1.165, 1.54) is 25.7 Å². The Morgan fingerprint density at radius 3 is 2.79 bits per heavy atom. The van der Waals surface area contributed by atoms with Gasteiger partial charge in [0.25, 0.3) is 0 Å². The Labute approximate surface area is 173 Å². The number of aromatic nitrogens is 2. The molecule has 2 heterocycles. The topological polar surface area (TPSA) is 66.6 Å². The fourth-order valence-corrected chi connectivity index (χ4v) is 3.19. The van der Waals surface area contributed by atoms with E-state index in [-0.39, 0.29) is 0 Å². The smallest absolute Gasteiger partial charge is 0.212 e. The zero-order chi connectivity index (χ0) is 20.5. The Morgan fingerprint density at radius 2 is 2.07 bits per heavy atom. The Morgan fingerprint density at radius 1 is 1.24 bits per heavy atom. The molecule has 0 saturated heterocycles. The van der Waals surface area contributed by atoms with E-state index in [4.69, 9.17) is 0 Å². The molecular weight excluding hydrogens is 360 g/mol. The highest BCUT2D eigenvalue weighted by Crippen LogP contribution is 2.15. The molecule has 0 saturated carbocycles. The third-order valence-corrected chi connectivity index (χ3v) is 4.90. The highest BCUT2D eigenvalue weighted by atomic mass is 15.4. The van der Waals surface area contributed by atoms with Gasteiger partial charge in [0.05, 0.1) is 29.8 Å². The maximum atomic E-state index is 4.55. The van der Waals surface area contributed by atoms with E-state index in [1.54, 1.807) is 0 Å². The molecule has 0 atom stereocenters. The summed E-state index contributed by atoms with van der Waals surface area (Å²) in [5, 5.41) is 12.1. The third kappa shape index (κ3) is 5.71. The molecule has 0 aliphatic carbocycles. The normalized spacial score (nSPS) is 13.5. The van der Waals surface area contributed by atoms with Crippen LogP contribution in [0.1, 0.15) is 62.8 Å². The van der Waals surface area contributed by atoms with Gasteiger partial charge in [0.15, 0.2) is 0 Å². The van der Waals surface area contributed by atoms with Gasteiger partial charge >= 0.3 is 0 Å². The second-order valence-electron chi connectivity index (χ2n) is 7.18. The number of aliphatic imine (C=N–C) groups is 1. The number of nitrogens with one attached hydrogen (secondary N) is 2. The molecule has 1 aromatic heterocycles. The summed E-state index contributed by atoms with van der Waals surface area (Å²) in [5.74, 6) is 7.25. The second-order valence-corrected chi connectivity index (χ2v) is 7.18. The molecule has 1 aliphatic heterocycles. The predicted octanol–water partition coefficient (Wildman–Crippen LogP) is 3.78. The lowest BCUT2D eigenvalue weighted by Crippen LogP contribution is -2.30. The minimum Gasteiger partial charge on any atom is -0.353 e. The third-order valence-electron chi connectivity index (χ3n) is 4.90. The first-order valence-corrected chi connectivity index (χ1v) is 10.4. The Kier molecular flexibility index (Phi) is 7.46. The first-order valence-electron chi connectivity index (χ1n) is 10.4. The van der Waals surface area contributed by atoms with Crippen molar-refractivity contribution >= 4 is 11.7 Å². The Hall–Kier alpha value is -3.07. The van der Waals surface area contributed by atoms with Crippen LogP contribution in [0.3, 0.4) is 0 Å². The zero-order valence-corrected chi connectivity index (χ0v) is 17.6. The molecule has 2 aromatic rings. The number of hydrazone groups is 1. The molecule has 0 spiro atoms. The van der Waals surface area contributed by atoms with Crippen LogP contribution in [0.4, 0.5) is 0 Å². The van der Waals surface area contributed by atoms with Crippen LogP contribution in [0.2, 0.25) is 0 Å². The summed E-state index contributed by atoms with van der Waals surface area (Å²) in [7, 11) is 0. The van der Waals surface area contributed by atoms with E-state index < -0.39 is 0 Å². The van der Waals surface area contributed by atoms with E-state index in [0.717, 1.165) is 53.7 Å². The quantitative estimate of drug-likeness (QED) is 0.327. The van der Waals surface area contributed by atoms with Gasteiger partial charge in [-0.25, -0.2) is 15.1 Å². The molecule has 0 amide bonds. The van der Waals surface area contributed by atoms with E-state index in [2.05, 4.69) is 75.9 Å². The summed E-state index contributed by atoms with van der Waals surface area (Å²) < 4.78 is 1.93. The van der Waals surface area contributed by atoms with Gasteiger partial charge in [-0.2, -0.15) is 10.2 Å². The molecule has 3 rings (SSSR count). The summed E-state index contributed by atoms with van der Waals surface area (Å²) in [5.41, 5.74) is 7.96. The number of hydrogen-bond acceptors (Lipinski definition) is 5. The predicted molar refractivity (Wildman–Crippen MR) is 120 cm³/mol. The average Bonchev–Trinajstić information content (AvgIpc) is 3.39. The lowest BCUT2D eigenvalue weighted by molar-refractivity contribution is 0.679. The van der Waals surface area contributed by atoms with Crippen LogP contribution in [0.5, 0.6) is 0 Å². The maximum absolute atomic E-state index is 4.55. The molecule has 1 aromatic carbocycles. The standard InChI is InChI=1S/C23H30N6/c1-4-5-6-7-8-9-10-20-11-13-21(14-12-20)29-19(3)22(17-26-29)18(2)27-28-23-24-15-16-25-23/h11-14,17H,4-8,15-16H2,1-3H3,(H2,24,25,28)/b27-18+. The molecule has 1 aliphatic rings. The van der Waals surface area contributed by atoms with Crippen molar-refractivity contribution in [1.82, 2.24) is 20.5 Å². The highest BCUT2D eigenvalue weighted by Gasteiger charge is 2.11. The van der Waals surface area contributed by atoms with Crippen molar-refractivity contribution in [2.75, 3.05) is 13.1 Å².